The molecular weight excluding hydrogens is 566 g/mol. The lowest BCUT2D eigenvalue weighted by Crippen LogP contribution is -2.44. The lowest BCUT2D eigenvalue weighted by molar-refractivity contribution is -0.384. The van der Waals surface area contributed by atoms with Crippen LogP contribution in [-0.4, -0.2) is 72.6 Å². The molecule has 14 nitrogen and oxygen atoms in total. The summed E-state index contributed by atoms with van der Waals surface area (Å²) in [5.74, 6) is -4.41. The van der Waals surface area contributed by atoms with E-state index in [0.29, 0.717) is 0 Å². The van der Waals surface area contributed by atoms with Crippen molar-refractivity contribution < 1.29 is 47.8 Å². The highest BCUT2D eigenvalue weighted by Gasteiger charge is 2.43. The number of nitrogens with zero attached hydrogens (tertiary/aromatic N) is 2. The van der Waals surface area contributed by atoms with Crippen molar-refractivity contribution >= 4 is 29.7 Å². The fourth-order valence-electron chi connectivity index (χ4n) is 4.22. The molecule has 1 amide bonds. The molecule has 0 saturated carbocycles. The molecule has 0 radical (unpaired) electrons. The smallest absolute Gasteiger partial charge is 0.421 e. The fraction of sp³-hybridized carbons (Fsp3) is 0.517. The molecule has 2 rings (SSSR count). The van der Waals surface area contributed by atoms with Crippen LogP contribution >= 0.6 is 0 Å². The number of nitro groups is 1. The second-order valence-electron chi connectivity index (χ2n) is 10.7. The van der Waals surface area contributed by atoms with Crippen LogP contribution < -0.4 is 5.73 Å². The molecule has 0 fully saturated rings. The minimum Gasteiger partial charge on any atom is -0.460 e. The molecule has 1 aromatic rings. The lowest BCUT2D eigenvalue weighted by Gasteiger charge is -2.36. The standard InChI is InChI=1S/C29H39N3O11/c1-16(2)43-27(35)23-19(5)31(28(36)42-15-41-25(33)17(3)29(6,7)30)18(4)22(26(34)40-13-12-39-8)24(23)20-10-9-11-21(14-20)32(37)38/h9-11,14,16-17,24H,12-13,15,30H2,1-8H3. The van der Waals surface area contributed by atoms with Gasteiger partial charge in [-0.1, -0.05) is 19.1 Å². The van der Waals surface area contributed by atoms with Crippen LogP contribution in [0, 0.1) is 16.0 Å². The molecule has 0 aromatic heterocycles. The average Bonchev–Trinajstić information content (AvgIpc) is 2.91. The third-order valence-electron chi connectivity index (χ3n) is 6.78. The lowest BCUT2D eigenvalue weighted by atomic mass is 9.79. The molecule has 43 heavy (non-hydrogen) atoms. The number of ether oxygens (including phenoxy) is 5. The zero-order chi connectivity index (χ0) is 32.6. The number of carbonyl (C=O) groups excluding carboxylic acids is 4. The first-order chi connectivity index (χ1) is 20.0. The van der Waals surface area contributed by atoms with Gasteiger partial charge in [0.05, 0.1) is 40.6 Å². The third kappa shape index (κ3) is 8.61. The summed E-state index contributed by atoms with van der Waals surface area (Å²) < 4.78 is 26.1. The minimum absolute atomic E-state index is 0.0188. The van der Waals surface area contributed by atoms with Crippen LogP contribution in [0.15, 0.2) is 46.8 Å². The zero-order valence-corrected chi connectivity index (χ0v) is 25.6. The van der Waals surface area contributed by atoms with E-state index in [1.54, 1.807) is 34.6 Å². The van der Waals surface area contributed by atoms with E-state index < -0.39 is 59.2 Å². The highest BCUT2D eigenvalue weighted by atomic mass is 16.7. The normalized spacial score (nSPS) is 16.1. The van der Waals surface area contributed by atoms with E-state index in [-0.39, 0.29) is 47.0 Å². The molecule has 0 aliphatic carbocycles. The Labute approximate surface area is 249 Å². The molecule has 1 aliphatic heterocycles. The van der Waals surface area contributed by atoms with E-state index in [2.05, 4.69) is 0 Å². The first-order valence-corrected chi connectivity index (χ1v) is 13.5. The molecule has 2 N–H and O–H groups in total. The number of nitro benzene ring substituents is 1. The maximum absolute atomic E-state index is 13.5. The largest absolute Gasteiger partial charge is 0.460 e. The topological polar surface area (TPSA) is 187 Å². The van der Waals surface area contributed by atoms with Gasteiger partial charge in [-0.15, -0.1) is 0 Å². The van der Waals surface area contributed by atoms with Crippen LogP contribution in [-0.2, 0) is 38.1 Å². The molecule has 1 heterocycles. The maximum Gasteiger partial charge on any atom is 0.421 e. The molecular formula is C29H39N3O11. The molecule has 14 heteroatoms. The number of amides is 1. The van der Waals surface area contributed by atoms with Gasteiger partial charge >= 0.3 is 24.0 Å². The molecule has 2 unspecified atom stereocenters. The predicted molar refractivity (Wildman–Crippen MR) is 152 cm³/mol. The summed E-state index contributed by atoms with van der Waals surface area (Å²) in [6, 6.07) is 5.41. The van der Waals surface area contributed by atoms with Gasteiger partial charge in [0.2, 0.25) is 6.79 Å². The molecule has 1 aromatic carbocycles. The summed E-state index contributed by atoms with van der Waals surface area (Å²) in [6.07, 6.45) is -1.66. The molecule has 1 aliphatic rings. The van der Waals surface area contributed by atoms with E-state index in [9.17, 15) is 29.3 Å². The number of hydrogen-bond acceptors (Lipinski definition) is 12. The van der Waals surface area contributed by atoms with Crippen molar-refractivity contribution in [2.24, 2.45) is 11.7 Å². The zero-order valence-electron chi connectivity index (χ0n) is 25.6. The number of hydrogen-bond donors (Lipinski definition) is 1. The van der Waals surface area contributed by atoms with Crippen LogP contribution in [0.25, 0.3) is 0 Å². The maximum atomic E-state index is 13.5. The number of carbonyl (C=O) groups is 4. The van der Waals surface area contributed by atoms with Crippen molar-refractivity contribution in [3.8, 4) is 0 Å². The van der Waals surface area contributed by atoms with E-state index in [1.165, 1.54) is 45.2 Å². The second kappa shape index (κ2) is 14.7. The highest BCUT2D eigenvalue weighted by Crippen LogP contribution is 2.44. The number of benzene rings is 1. The van der Waals surface area contributed by atoms with E-state index in [4.69, 9.17) is 29.4 Å². The Morgan fingerprint density at radius 1 is 1.00 bits per heavy atom. The van der Waals surface area contributed by atoms with Crippen LogP contribution in [0.5, 0.6) is 0 Å². The quantitative estimate of drug-likeness (QED) is 0.0910. The Morgan fingerprint density at radius 2 is 1.60 bits per heavy atom. The fourth-order valence-corrected chi connectivity index (χ4v) is 4.22. The van der Waals surface area contributed by atoms with Crippen molar-refractivity contribution in [1.29, 1.82) is 0 Å². The van der Waals surface area contributed by atoms with Gasteiger partial charge in [-0.25, -0.2) is 14.4 Å². The Bertz CT molecular complexity index is 1310. The Morgan fingerprint density at radius 3 is 2.14 bits per heavy atom. The van der Waals surface area contributed by atoms with E-state index >= 15 is 0 Å². The average molecular weight is 606 g/mol. The highest BCUT2D eigenvalue weighted by molar-refractivity contribution is 6.01. The summed E-state index contributed by atoms with van der Waals surface area (Å²) in [5, 5.41) is 11.6. The molecule has 0 spiro atoms. The molecule has 0 saturated heterocycles. The first-order valence-electron chi connectivity index (χ1n) is 13.5. The van der Waals surface area contributed by atoms with E-state index in [1.807, 2.05) is 0 Å². The first kappa shape index (κ1) is 34.9. The van der Waals surface area contributed by atoms with Crippen LogP contribution in [0.1, 0.15) is 59.9 Å². The SMILES string of the molecule is COCCOC(=O)C1=C(C)N(C(=O)OCOC(=O)C(C)C(C)(C)N)C(C)=C(C(=O)OC(C)C)C1c1cccc([N+](=O)[O-])c1. The Kier molecular flexibility index (Phi) is 12.0. The van der Waals surface area contributed by atoms with Gasteiger partial charge in [0.1, 0.15) is 6.61 Å². The van der Waals surface area contributed by atoms with Crippen LogP contribution in [0.2, 0.25) is 0 Å². The van der Waals surface area contributed by atoms with Crippen molar-refractivity contribution in [3.05, 3.63) is 62.5 Å². The third-order valence-corrected chi connectivity index (χ3v) is 6.78. The van der Waals surface area contributed by atoms with Crippen LogP contribution in [0.4, 0.5) is 10.5 Å². The summed E-state index contributed by atoms with van der Waals surface area (Å²) in [5.41, 5.74) is 4.73. The second-order valence-corrected chi connectivity index (χ2v) is 10.7. The van der Waals surface area contributed by atoms with Gasteiger partial charge in [0, 0.05) is 36.2 Å². The summed E-state index contributed by atoms with van der Waals surface area (Å²) in [7, 11) is 1.41. The number of non-ortho nitro benzene ring substituents is 1. The molecule has 236 valence electrons. The van der Waals surface area contributed by atoms with Gasteiger partial charge in [-0.2, -0.15) is 0 Å². The number of allylic oxidation sites excluding steroid dienone is 2. The van der Waals surface area contributed by atoms with Crippen molar-refractivity contribution in [2.75, 3.05) is 27.1 Å². The van der Waals surface area contributed by atoms with Gasteiger partial charge < -0.3 is 29.4 Å². The van der Waals surface area contributed by atoms with Gasteiger partial charge in [-0.05, 0) is 47.1 Å². The van der Waals surface area contributed by atoms with Crippen molar-refractivity contribution in [3.63, 3.8) is 0 Å². The number of methoxy groups -OCH3 is 1. The van der Waals surface area contributed by atoms with Crippen molar-refractivity contribution in [1.82, 2.24) is 4.90 Å². The summed E-state index contributed by atoms with van der Waals surface area (Å²) >= 11 is 0. The van der Waals surface area contributed by atoms with Gasteiger partial charge in [-0.3, -0.25) is 19.8 Å². The summed E-state index contributed by atoms with van der Waals surface area (Å²) in [6.45, 7) is 10.1. The number of esters is 3. The number of rotatable bonds is 12. The van der Waals surface area contributed by atoms with Crippen LogP contribution in [0.3, 0.4) is 0 Å². The monoisotopic (exact) mass is 605 g/mol. The van der Waals surface area contributed by atoms with E-state index in [0.717, 1.165) is 4.90 Å². The van der Waals surface area contributed by atoms with Gasteiger partial charge in [0.25, 0.3) is 5.69 Å². The predicted octanol–water partition coefficient (Wildman–Crippen LogP) is 3.69. The molecule has 0 bridgehead atoms. The minimum atomic E-state index is -1.21. The Hall–Kier alpha value is -4.30. The Balaban J connectivity index is 2.65. The van der Waals surface area contributed by atoms with Crippen molar-refractivity contribution in [2.45, 2.75) is 66.0 Å². The number of nitrogens with two attached hydrogens (primary N) is 1. The summed E-state index contributed by atoms with van der Waals surface area (Å²) in [4.78, 5) is 64.7. The molecule has 2 atom stereocenters. The van der Waals surface area contributed by atoms with Gasteiger partial charge in [0.15, 0.2) is 0 Å².